The minimum Gasteiger partial charge on any atom is -0.508 e. The van der Waals surface area contributed by atoms with E-state index in [4.69, 9.17) is 32.2 Å². The van der Waals surface area contributed by atoms with E-state index >= 15 is 0 Å². The van der Waals surface area contributed by atoms with Gasteiger partial charge >= 0.3 is 0 Å². The van der Waals surface area contributed by atoms with Gasteiger partial charge in [-0.2, -0.15) is 0 Å². The van der Waals surface area contributed by atoms with Crippen LogP contribution < -0.4 is 27.3 Å². The van der Waals surface area contributed by atoms with Gasteiger partial charge in [0.05, 0.1) is 33.6 Å². The molecule has 0 unspecified atom stereocenters. The lowest BCUT2D eigenvalue weighted by Crippen LogP contribution is -2.25. The monoisotopic (exact) mass is 1680 g/mol. The van der Waals surface area contributed by atoms with Crippen LogP contribution in [0.3, 0.4) is 0 Å². The molecule has 0 heterocycles. The standard InChI is InChI=1S/C32H28N2O4.C18H21NO.C15H17NO.C14H8BrNO3.C8H11NO.C7H6O.C3H5Br/c1-2-17-34(20-22-8-4-3-5-9-22)18-16-21-12-14-23(15-13-21)38-27-19-26(35)28-29(30(27)33)32(37)25-11-7-6-10-24(25)31(28)36;1-2-13-19(15-17-6-4-3-5-7-17)14-12-16-8-10-18(20)11-9-16;17-15-8-6-13(7-9-15)10-11-16-12-14-4-2-1-3-5-14;15-8-5-9(17)10-11(12(8)16)14(19)7-4-2-1-3-6(7)13(10)18;9-6-5-7-1-3-8(10)4-2-7;8-6-7-4-2-1-3-5-7;1-2-3-4/h2-15,19,35H,1,16-18,20,33H2;2-11,20H,1,12-15H2;1-9,16-17H,10-12H2;1-5,17H,16H2;1-4,10H,5-6,9H2;1-6H;2H,1,3H2. The van der Waals surface area contributed by atoms with Crippen molar-refractivity contribution in [3.8, 4) is 40.2 Å². The highest BCUT2D eigenvalue weighted by Crippen LogP contribution is 2.43. The van der Waals surface area contributed by atoms with Crippen molar-refractivity contribution in [2.75, 3.05) is 56.1 Å². The van der Waals surface area contributed by atoms with E-state index in [0.717, 1.165) is 101 Å². The number of nitrogens with zero attached hydrogens (tertiary/aromatic N) is 2. The summed E-state index contributed by atoms with van der Waals surface area (Å²) in [5.41, 5.74) is 28.1. The number of benzene rings is 12. The molecule has 14 rings (SSSR count). The molecular weight excluding hydrogens is 1580 g/mol. The van der Waals surface area contributed by atoms with Gasteiger partial charge in [-0.1, -0.05) is 253 Å². The molecule has 0 saturated carbocycles. The van der Waals surface area contributed by atoms with E-state index in [1.807, 2.05) is 121 Å². The van der Waals surface area contributed by atoms with Crippen LogP contribution in [0.1, 0.15) is 113 Å². The summed E-state index contributed by atoms with van der Waals surface area (Å²) in [6.45, 7) is 19.0. The van der Waals surface area contributed by atoms with Crippen molar-refractivity contribution in [3.63, 3.8) is 0 Å². The van der Waals surface area contributed by atoms with Crippen molar-refractivity contribution in [1.29, 1.82) is 0 Å². The highest BCUT2D eigenvalue weighted by molar-refractivity contribution is 9.10. The first-order valence-electron chi connectivity index (χ1n) is 37.6. The smallest absolute Gasteiger partial charge is 0.198 e. The summed E-state index contributed by atoms with van der Waals surface area (Å²) in [5, 5.41) is 52.2. The number of hydrogen-bond donors (Lipinski definition) is 9. The Kier molecular flexibility index (Phi) is 36.2. The molecule has 0 atom stereocenters. The van der Waals surface area contributed by atoms with E-state index in [-0.39, 0.29) is 79.1 Å². The maximum atomic E-state index is 13.2. The van der Waals surface area contributed by atoms with Gasteiger partial charge in [-0.25, -0.2) is 0 Å². The van der Waals surface area contributed by atoms with Gasteiger partial charge in [0, 0.05) is 89.5 Å². The van der Waals surface area contributed by atoms with Crippen LogP contribution in [0, 0.1) is 0 Å². The summed E-state index contributed by atoms with van der Waals surface area (Å²) >= 11 is 6.29. The fraction of sp³-hybridized carbons (Fsp3) is 0.144. The molecule has 594 valence electrons. The second-order valence-electron chi connectivity index (χ2n) is 26.7. The fourth-order valence-corrected chi connectivity index (χ4v) is 12.7. The number of allylic oxidation sites excluding steroid dienone is 1. The number of phenolic OH excluding ortho intramolecular Hbond substituents is 5. The summed E-state index contributed by atoms with van der Waals surface area (Å²) in [7, 11) is 0. The summed E-state index contributed by atoms with van der Waals surface area (Å²) in [6.07, 6.45) is 10.2. The number of ether oxygens (including phenoxy) is 1. The topological polar surface area (TPSA) is 292 Å². The Morgan fingerprint density at radius 1 is 0.405 bits per heavy atom. The number of nitrogens with one attached hydrogen (secondary N) is 1. The van der Waals surface area contributed by atoms with Crippen molar-refractivity contribution in [1.82, 2.24) is 15.1 Å². The Balaban J connectivity index is 0.000000185. The number of rotatable bonds is 25. The SMILES string of the molecule is C=CCBr.C=CCN(CCc1ccc(O)cc1)Cc1ccccc1.C=CCN(CCc1ccc(Oc2cc(O)c3c(c2N)C(=O)c2ccccc2C3=O)cc1)Cc1ccccc1.NCCc1ccc(O)cc1.Nc1c(Br)cc(O)c2c1C(=O)c1ccccc1C2=O.O=Cc1ccccc1.Oc1ccc(CCNCc2ccccc2)cc1. The summed E-state index contributed by atoms with van der Waals surface area (Å²) < 4.78 is 6.35. The van der Waals surface area contributed by atoms with E-state index in [0.29, 0.717) is 39.6 Å². The molecule has 0 aliphatic heterocycles. The molecule has 2 aliphatic rings. The molecule has 12 aromatic rings. The third-order valence-electron chi connectivity index (χ3n) is 18.3. The van der Waals surface area contributed by atoms with E-state index in [9.17, 15) is 39.3 Å². The van der Waals surface area contributed by atoms with E-state index in [2.05, 4.69) is 127 Å². The van der Waals surface area contributed by atoms with Gasteiger partial charge < -0.3 is 52.8 Å². The van der Waals surface area contributed by atoms with Crippen molar-refractivity contribution in [3.05, 3.63) is 411 Å². The van der Waals surface area contributed by atoms with Gasteiger partial charge in [-0.3, -0.25) is 33.8 Å². The number of aromatic hydroxyl groups is 5. The molecule has 0 aromatic heterocycles. The lowest BCUT2D eigenvalue weighted by molar-refractivity contribution is 0.0977. The minimum absolute atomic E-state index is 0.0237. The summed E-state index contributed by atoms with van der Waals surface area (Å²) in [4.78, 5) is 65.6. The number of alkyl halides is 1. The van der Waals surface area contributed by atoms with Gasteiger partial charge in [0.25, 0.3) is 0 Å². The number of nitrogens with two attached hydrogens (primary N) is 3. The Morgan fingerprint density at radius 3 is 1.13 bits per heavy atom. The largest absolute Gasteiger partial charge is 0.508 e. The Labute approximate surface area is 695 Å². The fourth-order valence-electron chi connectivity index (χ4n) is 12.3. The molecule has 17 nitrogen and oxygen atoms in total. The molecular formula is C97H96Br2N6O11. The van der Waals surface area contributed by atoms with Crippen LogP contribution in [0.4, 0.5) is 11.4 Å². The number of ketones is 4. The zero-order chi connectivity index (χ0) is 83.1. The van der Waals surface area contributed by atoms with E-state index in [1.54, 1.807) is 103 Å². The number of fused-ring (bicyclic) bond motifs is 4. The molecule has 2 aliphatic carbocycles. The Hall–Kier alpha value is -12.6. The highest BCUT2D eigenvalue weighted by Gasteiger charge is 2.36. The third kappa shape index (κ3) is 27.1. The molecule has 0 amide bonds. The zero-order valence-electron chi connectivity index (χ0n) is 64.5. The van der Waals surface area contributed by atoms with Crippen LogP contribution in [0.2, 0.25) is 0 Å². The van der Waals surface area contributed by atoms with Crippen LogP contribution in [-0.2, 0) is 45.3 Å². The number of carbonyl (C=O) groups is 5. The Morgan fingerprint density at radius 2 is 0.750 bits per heavy atom. The Bertz CT molecular complexity index is 5180. The predicted octanol–water partition coefficient (Wildman–Crippen LogP) is 18.6. The van der Waals surface area contributed by atoms with Gasteiger partial charge in [0.15, 0.2) is 28.9 Å². The van der Waals surface area contributed by atoms with Crippen molar-refractivity contribution < 1.29 is 54.2 Å². The van der Waals surface area contributed by atoms with Crippen LogP contribution in [-0.4, -0.2) is 109 Å². The minimum atomic E-state index is -0.437. The normalized spacial score (nSPS) is 11.1. The molecule has 0 saturated heterocycles. The average Bonchev–Trinajstić information content (AvgIpc) is 0.744. The molecule has 116 heavy (non-hydrogen) atoms. The first-order chi connectivity index (χ1) is 56.3. The quantitative estimate of drug-likeness (QED) is 0.00642. The van der Waals surface area contributed by atoms with Crippen LogP contribution in [0.15, 0.2) is 321 Å². The van der Waals surface area contributed by atoms with Crippen molar-refractivity contribution in [2.45, 2.75) is 45.3 Å². The maximum Gasteiger partial charge on any atom is 0.198 e. The second kappa shape index (κ2) is 47.2. The molecule has 0 spiro atoms. The maximum absolute atomic E-state index is 13.2. The van der Waals surface area contributed by atoms with Gasteiger partial charge in [0.2, 0.25) is 0 Å². The third-order valence-corrected chi connectivity index (χ3v) is 19.4. The van der Waals surface area contributed by atoms with Crippen LogP contribution >= 0.6 is 31.9 Å². The summed E-state index contributed by atoms with van der Waals surface area (Å²) in [6, 6.07) is 85.4. The van der Waals surface area contributed by atoms with Crippen molar-refractivity contribution >= 4 is 72.7 Å². The molecule has 0 radical (unpaired) electrons. The number of hydrogen-bond acceptors (Lipinski definition) is 17. The molecule has 19 heteroatoms. The first kappa shape index (κ1) is 89.0. The number of nitrogen functional groups attached to an aromatic ring is 2. The van der Waals surface area contributed by atoms with Gasteiger partial charge in [-0.15, -0.1) is 19.7 Å². The number of anilines is 2. The highest BCUT2D eigenvalue weighted by atomic mass is 79.9. The lowest BCUT2D eigenvalue weighted by atomic mass is 9.82. The first-order valence-corrected chi connectivity index (χ1v) is 39.5. The molecule has 0 fully saturated rings. The van der Waals surface area contributed by atoms with Crippen LogP contribution in [0.25, 0.3) is 0 Å². The second-order valence-corrected chi connectivity index (χ2v) is 28.2. The van der Waals surface area contributed by atoms with E-state index in [1.165, 1.54) is 45.5 Å². The lowest BCUT2D eigenvalue weighted by Gasteiger charge is -2.22. The van der Waals surface area contributed by atoms with E-state index < -0.39 is 11.6 Å². The summed E-state index contributed by atoms with van der Waals surface area (Å²) in [5.74, 6) is -0.597. The molecule has 12 aromatic carbocycles. The average molecular weight is 1680 g/mol. The van der Waals surface area contributed by atoms with Crippen LogP contribution in [0.5, 0.6) is 40.2 Å². The van der Waals surface area contributed by atoms with Gasteiger partial charge in [-0.05, 0) is 148 Å². The van der Waals surface area contributed by atoms with Gasteiger partial charge in [0.1, 0.15) is 40.8 Å². The predicted molar refractivity (Wildman–Crippen MR) is 472 cm³/mol. The number of phenols is 5. The van der Waals surface area contributed by atoms with Crippen molar-refractivity contribution in [2.24, 2.45) is 5.73 Å². The number of halogens is 2. The molecule has 0 bridgehead atoms. The number of carbonyl (C=O) groups excluding carboxylic acids is 5. The molecule has 12 N–H and O–H groups in total. The zero-order valence-corrected chi connectivity index (χ0v) is 67.6. The number of aldehydes is 1.